The highest BCUT2D eigenvalue weighted by Crippen LogP contribution is 2.35. The Morgan fingerprint density at radius 2 is 2.12 bits per heavy atom. The third kappa shape index (κ3) is 2.19. The standard InChI is InChI=1S/C13H19BrN2/c1-9-7-11(15)8-12(14)13(9)16-6-4-3-5-10(16)2/h7-8,10H,3-6,15H2,1-2H3. The number of aryl methyl sites for hydroxylation is 1. The van der Waals surface area contributed by atoms with Crippen molar-refractivity contribution < 1.29 is 0 Å². The molecule has 1 aromatic carbocycles. The van der Waals surface area contributed by atoms with Gasteiger partial charge in [0.2, 0.25) is 0 Å². The van der Waals surface area contributed by atoms with Crippen molar-refractivity contribution in [2.45, 2.75) is 39.2 Å². The molecule has 16 heavy (non-hydrogen) atoms. The van der Waals surface area contributed by atoms with E-state index >= 15 is 0 Å². The number of rotatable bonds is 1. The fourth-order valence-electron chi connectivity index (χ4n) is 2.56. The number of anilines is 2. The summed E-state index contributed by atoms with van der Waals surface area (Å²) in [5, 5.41) is 0. The minimum absolute atomic E-state index is 0.632. The van der Waals surface area contributed by atoms with E-state index < -0.39 is 0 Å². The average Bonchev–Trinajstić information content (AvgIpc) is 2.19. The minimum Gasteiger partial charge on any atom is -0.399 e. The lowest BCUT2D eigenvalue weighted by Gasteiger charge is -2.37. The van der Waals surface area contributed by atoms with Crippen LogP contribution in [0.5, 0.6) is 0 Å². The number of halogens is 1. The molecule has 3 heteroatoms. The highest BCUT2D eigenvalue weighted by molar-refractivity contribution is 9.10. The van der Waals surface area contributed by atoms with E-state index in [-0.39, 0.29) is 0 Å². The van der Waals surface area contributed by atoms with Crippen LogP contribution in [0.4, 0.5) is 11.4 Å². The summed E-state index contributed by atoms with van der Waals surface area (Å²) < 4.78 is 1.12. The van der Waals surface area contributed by atoms with Crippen molar-refractivity contribution >= 4 is 27.3 Å². The molecule has 1 aliphatic rings. The van der Waals surface area contributed by atoms with Crippen LogP contribution in [0.3, 0.4) is 0 Å². The number of nitrogen functional groups attached to an aromatic ring is 1. The molecule has 1 atom stereocenters. The Balaban J connectivity index is 2.38. The largest absolute Gasteiger partial charge is 0.399 e. The van der Waals surface area contributed by atoms with Crippen LogP contribution in [0.15, 0.2) is 16.6 Å². The second-order valence-corrected chi connectivity index (χ2v) is 5.56. The Morgan fingerprint density at radius 3 is 2.75 bits per heavy atom. The molecule has 1 fully saturated rings. The molecule has 0 amide bonds. The van der Waals surface area contributed by atoms with Crippen molar-refractivity contribution in [2.24, 2.45) is 0 Å². The Morgan fingerprint density at radius 1 is 1.38 bits per heavy atom. The van der Waals surface area contributed by atoms with E-state index in [9.17, 15) is 0 Å². The van der Waals surface area contributed by atoms with Crippen LogP contribution < -0.4 is 10.6 Å². The summed E-state index contributed by atoms with van der Waals surface area (Å²) in [5.41, 5.74) is 9.26. The zero-order valence-corrected chi connectivity index (χ0v) is 11.5. The predicted molar refractivity (Wildman–Crippen MR) is 74.0 cm³/mol. The van der Waals surface area contributed by atoms with E-state index in [2.05, 4.69) is 40.7 Å². The number of benzene rings is 1. The first-order valence-corrected chi connectivity index (χ1v) is 6.71. The molecule has 0 aliphatic carbocycles. The van der Waals surface area contributed by atoms with E-state index in [0.29, 0.717) is 6.04 Å². The van der Waals surface area contributed by atoms with Crippen LogP contribution in [0.25, 0.3) is 0 Å². The first kappa shape index (κ1) is 11.8. The van der Waals surface area contributed by atoms with Gasteiger partial charge < -0.3 is 10.6 Å². The molecule has 0 spiro atoms. The maximum absolute atomic E-state index is 5.84. The van der Waals surface area contributed by atoms with Gasteiger partial charge in [-0.05, 0) is 66.7 Å². The van der Waals surface area contributed by atoms with Gasteiger partial charge in [0.1, 0.15) is 0 Å². The quantitative estimate of drug-likeness (QED) is 0.796. The van der Waals surface area contributed by atoms with Gasteiger partial charge in [0.15, 0.2) is 0 Å². The van der Waals surface area contributed by atoms with Gasteiger partial charge >= 0.3 is 0 Å². The van der Waals surface area contributed by atoms with Crippen LogP contribution in [0.2, 0.25) is 0 Å². The van der Waals surface area contributed by atoms with Gasteiger partial charge in [-0.3, -0.25) is 0 Å². The first-order valence-electron chi connectivity index (χ1n) is 5.92. The van der Waals surface area contributed by atoms with E-state index in [4.69, 9.17) is 5.73 Å². The normalized spacial score (nSPS) is 21.2. The fourth-order valence-corrected chi connectivity index (χ4v) is 3.36. The summed E-state index contributed by atoms with van der Waals surface area (Å²) in [6.07, 6.45) is 3.93. The van der Waals surface area contributed by atoms with Crippen molar-refractivity contribution in [2.75, 3.05) is 17.2 Å². The molecule has 1 aliphatic heterocycles. The zero-order valence-electron chi connectivity index (χ0n) is 9.96. The van der Waals surface area contributed by atoms with E-state index in [0.717, 1.165) is 16.7 Å². The predicted octanol–water partition coefficient (Wildman–Crippen LogP) is 3.72. The number of hydrogen-bond donors (Lipinski definition) is 1. The molecule has 2 nitrogen and oxygen atoms in total. The molecule has 1 unspecified atom stereocenters. The summed E-state index contributed by atoms with van der Waals surface area (Å²) in [6, 6.07) is 4.69. The van der Waals surface area contributed by atoms with Gasteiger partial charge in [0.05, 0.1) is 5.69 Å². The molecule has 1 heterocycles. The summed E-state index contributed by atoms with van der Waals surface area (Å²) in [4.78, 5) is 2.50. The maximum atomic E-state index is 5.84. The lowest BCUT2D eigenvalue weighted by molar-refractivity contribution is 0.483. The molecule has 88 valence electrons. The van der Waals surface area contributed by atoms with Gasteiger partial charge in [-0.2, -0.15) is 0 Å². The van der Waals surface area contributed by atoms with E-state index in [1.165, 1.54) is 30.5 Å². The van der Waals surface area contributed by atoms with Crippen LogP contribution in [0.1, 0.15) is 31.7 Å². The average molecular weight is 283 g/mol. The highest BCUT2D eigenvalue weighted by atomic mass is 79.9. The van der Waals surface area contributed by atoms with Crippen molar-refractivity contribution in [1.82, 2.24) is 0 Å². The van der Waals surface area contributed by atoms with Gasteiger partial charge in [-0.1, -0.05) is 0 Å². The molecule has 0 saturated carbocycles. The Bertz CT molecular complexity index is 367. The molecule has 0 aromatic heterocycles. The second kappa shape index (κ2) is 4.66. The van der Waals surface area contributed by atoms with Crippen molar-refractivity contribution in [3.05, 3.63) is 22.2 Å². The Labute approximate surface area is 106 Å². The second-order valence-electron chi connectivity index (χ2n) is 4.71. The smallest absolute Gasteiger partial charge is 0.0544 e. The first-order chi connectivity index (χ1) is 7.59. The molecule has 1 saturated heterocycles. The summed E-state index contributed by atoms with van der Waals surface area (Å²) >= 11 is 3.64. The monoisotopic (exact) mass is 282 g/mol. The van der Waals surface area contributed by atoms with Crippen LogP contribution in [0, 0.1) is 6.92 Å². The summed E-state index contributed by atoms with van der Waals surface area (Å²) in [7, 11) is 0. The van der Waals surface area contributed by atoms with Crippen molar-refractivity contribution in [3.8, 4) is 0 Å². The van der Waals surface area contributed by atoms with E-state index in [1.807, 2.05) is 6.07 Å². The highest BCUT2D eigenvalue weighted by Gasteiger charge is 2.21. The minimum atomic E-state index is 0.632. The van der Waals surface area contributed by atoms with Crippen LogP contribution in [-0.2, 0) is 0 Å². The number of piperidine rings is 1. The van der Waals surface area contributed by atoms with E-state index in [1.54, 1.807) is 0 Å². The molecule has 2 N–H and O–H groups in total. The molecule has 2 rings (SSSR count). The molecular weight excluding hydrogens is 264 g/mol. The Kier molecular flexibility index (Phi) is 3.43. The number of nitrogens with two attached hydrogens (primary N) is 1. The van der Waals surface area contributed by atoms with Crippen molar-refractivity contribution in [1.29, 1.82) is 0 Å². The molecule has 1 aromatic rings. The lowest BCUT2D eigenvalue weighted by Crippen LogP contribution is -2.38. The molecular formula is C13H19BrN2. The molecule has 0 radical (unpaired) electrons. The van der Waals surface area contributed by atoms with Crippen molar-refractivity contribution in [3.63, 3.8) is 0 Å². The van der Waals surface area contributed by atoms with Crippen LogP contribution in [-0.4, -0.2) is 12.6 Å². The number of nitrogens with zero attached hydrogens (tertiary/aromatic N) is 1. The zero-order chi connectivity index (χ0) is 11.7. The van der Waals surface area contributed by atoms with Gasteiger partial charge in [0, 0.05) is 22.7 Å². The molecule has 0 bridgehead atoms. The maximum Gasteiger partial charge on any atom is 0.0544 e. The van der Waals surface area contributed by atoms with Gasteiger partial charge in [-0.15, -0.1) is 0 Å². The number of hydrogen-bond acceptors (Lipinski definition) is 2. The summed E-state index contributed by atoms with van der Waals surface area (Å²) in [6.45, 7) is 5.60. The lowest BCUT2D eigenvalue weighted by atomic mass is 10.0. The topological polar surface area (TPSA) is 29.3 Å². The van der Waals surface area contributed by atoms with Crippen LogP contribution >= 0.6 is 15.9 Å². The summed E-state index contributed by atoms with van der Waals surface area (Å²) in [5.74, 6) is 0. The third-order valence-electron chi connectivity index (χ3n) is 3.37. The SMILES string of the molecule is Cc1cc(N)cc(Br)c1N1CCCCC1C. The van der Waals surface area contributed by atoms with Gasteiger partial charge in [0.25, 0.3) is 0 Å². The third-order valence-corrected chi connectivity index (χ3v) is 3.97. The Hall–Kier alpha value is -0.700. The fraction of sp³-hybridized carbons (Fsp3) is 0.538. The van der Waals surface area contributed by atoms with Gasteiger partial charge in [-0.25, -0.2) is 0 Å².